The van der Waals surface area contributed by atoms with Crippen molar-refractivity contribution in [1.29, 1.82) is 0 Å². The molecule has 0 aliphatic heterocycles. The molecule has 0 fully saturated rings. The van der Waals surface area contributed by atoms with E-state index in [9.17, 15) is 14.4 Å². The number of hydrazone groups is 1. The predicted octanol–water partition coefficient (Wildman–Crippen LogP) is 0.219. The minimum absolute atomic E-state index is 0.179. The summed E-state index contributed by atoms with van der Waals surface area (Å²) in [5.74, 6) is 0. The summed E-state index contributed by atoms with van der Waals surface area (Å²) in [6.45, 7) is 0. The van der Waals surface area contributed by atoms with Gasteiger partial charge in [0.1, 0.15) is 0 Å². The third kappa shape index (κ3) is 3.95. The van der Waals surface area contributed by atoms with Crippen LogP contribution in [0.2, 0.25) is 0 Å². The van der Waals surface area contributed by atoms with Crippen LogP contribution in [0.25, 0.3) is 0 Å². The molecule has 0 saturated heterocycles. The molecule has 0 unspecified atom stereocenters. The Morgan fingerprint density at radius 1 is 1.15 bits per heavy atom. The molecule has 0 spiro atoms. The summed E-state index contributed by atoms with van der Waals surface area (Å²) in [4.78, 5) is 37.8. The van der Waals surface area contributed by atoms with Gasteiger partial charge in [0.05, 0.1) is 11.9 Å². The number of aromatic nitrogens is 2. The van der Waals surface area contributed by atoms with Crippen LogP contribution in [-0.2, 0) is 0 Å². The largest absolute Gasteiger partial charge is 0.339 e. The van der Waals surface area contributed by atoms with Crippen LogP contribution in [0.15, 0.2) is 51.1 Å². The lowest BCUT2D eigenvalue weighted by molar-refractivity contribution is 0.252. The standard InChI is InChI=1S/C12H11N5O3/c18-10-6-9(15-11(19)16-10)7-13-17-12(20)14-8-4-2-1-3-5-8/h1-7H,(H2,14,17,20)(H2,15,16,18,19). The molecule has 2 amide bonds. The van der Waals surface area contributed by atoms with Crippen LogP contribution >= 0.6 is 0 Å². The first-order valence-electron chi connectivity index (χ1n) is 5.62. The highest BCUT2D eigenvalue weighted by Crippen LogP contribution is 2.03. The maximum absolute atomic E-state index is 11.5. The van der Waals surface area contributed by atoms with E-state index in [0.29, 0.717) is 5.69 Å². The molecule has 0 aliphatic carbocycles. The first-order valence-corrected chi connectivity index (χ1v) is 5.62. The van der Waals surface area contributed by atoms with Gasteiger partial charge in [-0.2, -0.15) is 5.10 Å². The SMILES string of the molecule is O=C(NN=Cc1cc(=O)[nH]c(=O)[nH]1)Nc1ccccc1. The van der Waals surface area contributed by atoms with Crippen molar-refractivity contribution in [3.05, 3.63) is 62.9 Å². The highest BCUT2D eigenvalue weighted by molar-refractivity contribution is 5.90. The Labute approximate surface area is 112 Å². The van der Waals surface area contributed by atoms with Gasteiger partial charge < -0.3 is 10.3 Å². The summed E-state index contributed by atoms with van der Waals surface area (Å²) < 4.78 is 0. The lowest BCUT2D eigenvalue weighted by Crippen LogP contribution is -2.25. The molecule has 4 N–H and O–H groups in total. The summed E-state index contributed by atoms with van der Waals surface area (Å²) in [5.41, 5.74) is 1.80. The summed E-state index contributed by atoms with van der Waals surface area (Å²) >= 11 is 0. The number of amides is 2. The number of nitrogens with zero attached hydrogens (tertiary/aromatic N) is 1. The van der Waals surface area contributed by atoms with Gasteiger partial charge in [-0.15, -0.1) is 0 Å². The molecular formula is C12H11N5O3. The molecule has 8 nitrogen and oxygen atoms in total. The Kier molecular flexibility index (Phi) is 4.07. The van der Waals surface area contributed by atoms with Gasteiger partial charge in [-0.3, -0.25) is 9.78 Å². The summed E-state index contributed by atoms with van der Waals surface area (Å²) in [6, 6.07) is 9.42. The molecule has 1 aromatic heterocycles. The first-order chi connectivity index (χ1) is 9.63. The maximum atomic E-state index is 11.5. The number of para-hydroxylation sites is 1. The van der Waals surface area contributed by atoms with Crippen molar-refractivity contribution in [3.8, 4) is 0 Å². The number of carbonyl (C=O) groups is 1. The molecule has 1 aromatic carbocycles. The van der Waals surface area contributed by atoms with Crippen molar-refractivity contribution >= 4 is 17.9 Å². The molecule has 0 radical (unpaired) electrons. The van der Waals surface area contributed by atoms with Crippen molar-refractivity contribution < 1.29 is 4.79 Å². The van der Waals surface area contributed by atoms with E-state index < -0.39 is 17.3 Å². The number of nitrogens with one attached hydrogen (secondary N) is 4. The topological polar surface area (TPSA) is 119 Å². The number of urea groups is 1. The van der Waals surface area contributed by atoms with E-state index in [1.807, 2.05) is 11.1 Å². The monoisotopic (exact) mass is 273 g/mol. The summed E-state index contributed by atoms with van der Waals surface area (Å²) in [6.07, 6.45) is 1.15. The molecule has 0 aliphatic rings. The lowest BCUT2D eigenvalue weighted by atomic mass is 10.3. The highest BCUT2D eigenvalue weighted by atomic mass is 16.2. The van der Waals surface area contributed by atoms with Crippen molar-refractivity contribution in [3.63, 3.8) is 0 Å². The number of carbonyl (C=O) groups excluding carboxylic acids is 1. The van der Waals surface area contributed by atoms with E-state index in [1.165, 1.54) is 0 Å². The molecule has 0 atom stereocenters. The average Bonchev–Trinajstić information content (AvgIpc) is 2.38. The number of rotatable bonds is 3. The zero-order valence-corrected chi connectivity index (χ0v) is 10.2. The number of anilines is 1. The maximum Gasteiger partial charge on any atom is 0.339 e. The number of aromatic amines is 2. The number of benzene rings is 1. The highest BCUT2D eigenvalue weighted by Gasteiger charge is 1.98. The molecule has 102 valence electrons. The van der Waals surface area contributed by atoms with Crippen LogP contribution in [0, 0.1) is 0 Å². The van der Waals surface area contributed by atoms with Crippen LogP contribution < -0.4 is 22.0 Å². The van der Waals surface area contributed by atoms with Gasteiger partial charge >= 0.3 is 11.7 Å². The molecule has 0 bridgehead atoms. The van der Waals surface area contributed by atoms with Crippen LogP contribution in [-0.4, -0.2) is 22.2 Å². The van der Waals surface area contributed by atoms with E-state index in [1.54, 1.807) is 24.3 Å². The number of hydrogen-bond acceptors (Lipinski definition) is 4. The normalized spacial score (nSPS) is 10.4. The quantitative estimate of drug-likeness (QED) is 0.473. The van der Waals surface area contributed by atoms with E-state index in [4.69, 9.17) is 0 Å². The first kappa shape index (κ1) is 13.3. The van der Waals surface area contributed by atoms with Gasteiger partial charge in [0.15, 0.2) is 0 Å². The van der Waals surface area contributed by atoms with Crippen LogP contribution in [0.5, 0.6) is 0 Å². The van der Waals surface area contributed by atoms with Gasteiger partial charge in [-0.25, -0.2) is 15.0 Å². The van der Waals surface area contributed by atoms with Crippen LogP contribution in [0.1, 0.15) is 5.69 Å². The summed E-state index contributed by atoms with van der Waals surface area (Å²) in [5, 5.41) is 6.16. The Balaban J connectivity index is 1.94. The van der Waals surface area contributed by atoms with Gasteiger partial charge in [0, 0.05) is 11.8 Å². The van der Waals surface area contributed by atoms with Gasteiger partial charge in [-0.05, 0) is 12.1 Å². The van der Waals surface area contributed by atoms with Crippen molar-refractivity contribution in [2.45, 2.75) is 0 Å². The molecular weight excluding hydrogens is 262 g/mol. The van der Waals surface area contributed by atoms with Gasteiger partial charge in [0.2, 0.25) is 0 Å². The van der Waals surface area contributed by atoms with Crippen LogP contribution in [0.4, 0.5) is 10.5 Å². The lowest BCUT2D eigenvalue weighted by Gasteiger charge is -2.02. The molecule has 2 aromatic rings. The van der Waals surface area contributed by atoms with Gasteiger partial charge in [0.25, 0.3) is 5.56 Å². The molecule has 1 heterocycles. The smallest absolute Gasteiger partial charge is 0.307 e. The zero-order chi connectivity index (χ0) is 14.4. The minimum atomic E-state index is -0.646. The average molecular weight is 273 g/mol. The molecule has 8 heteroatoms. The fraction of sp³-hybridized carbons (Fsp3) is 0. The van der Waals surface area contributed by atoms with Crippen molar-refractivity contribution in [2.75, 3.05) is 5.32 Å². The Hall–Kier alpha value is -3.16. The molecule has 2 rings (SSSR count). The third-order valence-electron chi connectivity index (χ3n) is 2.18. The van der Waals surface area contributed by atoms with E-state index in [2.05, 4.69) is 20.8 Å². The Morgan fingerprint density at radius 2 is 1.90 bits per heavy atom. The third-order valence-corrected chi connectivity index (χ3v) is 2.18. The van der Waals surface area contributed by atoms with Crippen molar-refractivity contribution in [1.82, 2.24) is 15.4 Å². The van der Waals surface area contributed by atoms with E-state index in [-0.39, 0.29) is 5.69 Å². The second-order valence-electron chi connectivity index (χ2n) is 3.73. The fourth-order valence-corrected chi connectivity index (χ4v) is 1.40. The zero-order valence-electron chi connectivity index (χ0n) is 10.2. The molecule has 20 heavy (non-hydrogen) atoms. The van der Waals surface area contributed by atoms with Gasteiger partial charge in [-0.1, -0.05) is 18.2 Å². The number of H-pyrrole nitrogens is 2. The van der Waals surface area contributed by atoms with E-state index >= 15 is 0 Å². The van der Waals surface area contributed by atoms with Crippen molar-refractivity contribution in [2.24, 2.45) is 5.10 Å². The fourth-order valence-electron chi connectivity index (χ4n) is 1.40. The number of hydrogen-bond donors (Lipinski definition) is 4. The second-order valence-corrected chi connectivity index (χ2v) is 3.73. The Morgan fingerprint density at radius 3 is 2.60 bits per heavy atom. The van der Waals surface area contributed by atoms with E-state index in [0.717, 1.165) is 12.3 Å². The van der Waals surface area contributed by atoms with Crippen LogP contribution in [0.3, 0.4) is 0 Å². The summed E-state index contributed by atoms with van der Waals surface area (Å²) in [7, 11) is 0. The minimum Gasteiger partial charge on any atom is -0.307 e. The predicted molar refractivity (Wildman–Crippen MR) is 73.9 cm³/mol. The second kappa shape index (κ2) is 6.14. The molecule has 0 saturated carbocycles. The Bertz CT molecular complexity index is 704.